The SMILES string of the molecule is O=C(O)C[C@@H]1CC(c2ccccc2)C(NC(=O)Cc2ccsc2)B(O)O1. The quantitative estimate of drug-likeness (QED) is 0.672. The van der Waals surface area contributed by atoms with Crippen molar-refractivity contribution in [3.8, 4) is 0 Å². The summed E-state index contributed by atoms with van der Waals surface area (Å²) in [7, 11) is -1.26. The van der Waals surface area contributed by atoms with Crippen LogP contribution in [0.5, 0.6) is 0 Å². The van der Waals surface area contributed by atoms with E-state index >= 15 is 0 Å². The van der Waals surface area contributed by atoms with E-state index in [1.54, 1.807) is 0 Å². The van der Waals surface area contributed by atoms with Gasteiger partial charge in [0.2, 0.25) is 5.91 Å². The van der Waals surface area contributed by atoms with Gasteiger partial charge in [-0.25, -0.2) is 0 Å². The first-order valence-electron chi connectivity index (χ1n) is 8.43. The van der Waals surface area contributed by atoms with Gasteiger partial charge in [-0.3, -0.25) is 9.59 Å². The number of carbonyl (C=O) groups is 2. The lowest BCUT2D eigenvalue weighted by Gasteiger charge is -2.38. The van der Waals surface area contributed by atoms with E-state index in [1.165, 1.54) is 11.3 Å². The molecule has 1 saturated heterocycles. The highest BCUT2D eigenvalue weighted by Crippen LogP contribution is 2.33. The van der Waals surface area contributed by atoms with Crippen molar-refractivity contribution >= 4 is 30.3 Å². The smallest absolute Gasteiger partial charge is 0.479 e. The van der Waals surface area contributed by atoms with Crippen LogP contribution in [-0.2, 0) is 20.7 Å². The average molecular weight is 373 g/mol. The molecule has 1 aromatic heterocycles. The van der Waals surface area contributed by atoms with Gasteiger partial charge in [0.1, 0.15) is 0 Å². The zero-order valence-electron chi connectivity index (χ0n) is 14.1. The van der Waals surface area contributed by atoms with Gasteiger partial charge in [0.25, 0.3) is 0 Å². The van der Waals surface area contributed by atoms with E-state index in [-0.39, 0.29) is 24.7 Å². The molecule has 0 radical (unpaired) electrons. The van der Waals surface area contributed by atoms with E-state index in [2.05, 4.69) is 5.32 Å². The highest BCUT2D eigenvalue weighted by atomic mass is 32.1. The first-order valence-corrected chi connectivity index (χ1v) is 9.38. The molecule has 0 saturated carbocycles. The van der Waals surface area contributed by atoms with Crippen molar-refractivity contribution in [1.29, 1.82) is 0 Å². The molecule has 3 atom stereocenters. The van der Waals surface area contributed by atoms with Crippen molar-refractivity contribution in [1.82, 2.24) is 5.32 Å². The molecule has 0 spiro atoms. The summed E-state index contributed by atoms with van der Waals surface area (Å²) in [6, 6.07) is 11.4. The highest BCUT2D eigenvalue weighted by Gasteiger charge is 2.43. The van der Waals surface area contributed by atoms with Gasteiger partial charge in [-0.05, 0) is 34.4 Å². The molecule has 136 valence electrons. The zero-order chi connectivity index (χ0) is 18.5. The summed E-state index contributed by atoms with van der Waals surface area (Å²) in [6.45, 7) is 0. The van der Waals surface area contributed by atoms with Crippen molar-refractivity contribution in [3.63, 3.8) is 0 Å². The largest absolute Gasteiger partial charge is 0.481 e. The fourth-order valence-corrected chi connectivity index (χ4v) is 3.99. The van der Waals surface area contributed by atoms with Crippen LogP contribution in [0.4, 0.5) is 0 Å². The number of carboxylic acids is 1. The molecule has 6 nitrogen and oxygen atoms in total. The third-order valence-electron chi connectivity index (χ3n) is 4.49. The third-order valence-corrected chi connectivity index (χ3v) is 5.22. The average Bonchev–Trinajstić information content (AvgIpc) is 3.10. The number of nitrogens with one attached hydrogen (secondary N) is 1. The number of carbonyl (C=O) groups excluding carboxylic acids is 1. The Kier molecular flexibility index (Phi) is 6.08. The molecule has 1 aromatic carbocycles. The highest BCUT2D eigenvalue weighted by molar-refractivity contribution is 7.08. The van der Waals surface area contributed by atoms with Crippen LogP contribution < -0.4 is 5.32 Å². The first-order chi connectivity index (χ1) is 12.5. The van der Waals surface area contributed by atoms with Crippen molar-refractivity contribution in [2.75, 3.05) is 0 Å². The maximum Gasteiger partial charge on any atom is 0.479 e. The fourth-order valence-electron chi connectivity index (χ4n) is 3.32. The number of amides is 1. The first kappa shape index (κ1) is 18.6. The Labute approximate surface area is 156 Å². The summed E-state index contributed by atoms with van der Waals surface area (Å²) >= 11 is 1.52. The van der Waals surface area contributed by atoms with Crippen LogP contribution in [0.15, 0.2) is 47.2 Å². The number of hydrogen-bond donors (Lipinski definition) is 3. The number of thiophene rings is 1. The number of hydrogen-bond acceptors (Lipinski definition) is 5. The molecule has 1 fully saturated rings. The second-order valence-corrected chi connectivity index (χ2v) is 7.18. The Morgan fingerprint density at radius 3 is 2.69 bits per heavy atom. The van der Waals surface area contributed by atoms with Gasteiger partial charge in [0, 0.05) is 5.92 Å². The van der Waals surface area contributed by atoms with Crippen molar-refractivity contribution in [3.05, 3.63) is 58.3 Å². The van der Waals surface area contributed by atoms with E-state index in [0.717, 1.165) is 11.1 Å². The van der Waals surface area contributed by atoms with E-state index in [1.807, 2.05) is 47.2 Å². The lowest BCUT2D eigenvalue weighted by Crippen LogP contribution is -2.57. The Morgan fingerprint density at radius 1 is 1.27 bits per heavy atom. The van der Waals surface area contributed by atoms with Crippen molar-refractivity contribution in [2.24, 2.45) is 0 Å². The molecule has 2 heterocycles. The molecule has 2 aromatic rings. The summed E-state index contributed by atoms with van der Waals surface area (Å²) in [4.78, 5) is 23.4. The minimum absolute atomic E-state index is 0.185. The van der Waals surface area contributed by atoms with Crippen LogP contribution in [0.25, 0.3) is 0 Å². The molecule has 3 rings (SSSR count). The predicted octanol–water partition coefficient (Wildman–Crippen LogP) is 1.84. The number of benzene rings is 1. The van der Waals surface area contributed by atoms with Gasteiger partial charge >= 0.3 is 13.1 Å². The topological polar surface area (TPSA) is 95.9 Å². The lowest BCUT2D eigenvalue weighted by molar-refractivity contribution is -0.139. The second kappa shape index (κ2) is 8.48. The van der Waals surface area contributed by atoms with Gasteiger partial charge in [0.05, 0.1) is 24.9 Å². The van der Waals surface area contributed by atoms with Crippen molar-refractivity contribution in [2.45, 2.75) is 37.2 Å². The van der Waals surface area contributed by atoms with E-state index in [9.17, 15) is 14.6 Å². The second-order valence-electron chi connectivity index (χ2n) is 6.40. The molecule has 0 bridgehead atoms. The third kappa shape index (κ3) is 4.72. The molecule has 0 aliphatic carbocycles. The summed E-state index contributed by atoms with van der Waals surface area (Å²) in [5.41, 5.74) is 1.85. The molecular weight excluding hydrogens is 353 g/mol. The summed E-state index contributed by atoms with van der Waals surface area (Å²) < 4.78 is 5.46. The monoisotopic (exact) mass is 373 g/mol. The van der Waals surface area contributed by atoms with Gasteiger partial charge in [-0.15, -0.1) is 0 Å². The van der Waals surface area contributed by atoms with Gasteiger partial charge < -0.3 is 20.1 Å². The zero-order valence-corrected chi connectivity index (χ0v) is 14.9. The molecule has 2 unspecified atom stereocenters. The van der Waals surface area contributed by atoms with Gasteiger partial charge in [-0.2, -0.15) is 11.3 Å². The summed E-state index contributed by atoms with van der Waals surface area (Å²) in [5, 5.41) is 26.2. The Hall–Kier alpha value is -2.16. The fraction of sp³-hybridized carbons (Fsp3) is 0.333. The van der Waals surface area contributed by atoms with Crippen LogP contribution in [-0.4, -0.2) is 41.2 Å². The molecule has 26 heavy (non-hydrogen) atoms. The number of aliphatic carboxylic acids is 1. The summed E-state index contributed by atoms with van der Waals surface area (Å²) in [5.74, 6) is -2.04. The minimum atomic E-state index is -1.26. The Balaban J connectivity index is 1.76. The van der Waals surface area contributed by atoms with E-state index < -0.39 is 25.1 Å². The maximum atomic E-state index is 12.4. The maximum absolute atomic E-state index is 12.4. The van der Waals surface area contributed by atoms with Crippen LogP contribution in [0.2, 0.25) is 0 Å². The minimum Gasteiger partial charge on any atom is -0.481 e. The van der Waals surface area contributed by atoms with Crippen LogP contribution in [0.3, 0.4) is 0 Å². The van der Waals surface area contributed by atoms with Gasteiger partial charge in [-0.1, -0.05) is 30.3 Å². The number of carboxylic acid groups (broad SMARTS) is 1. The van der Waals surface area contributed by atoms with Gasteiger partial charge in [0.15, 0.2) is 0 Å². The molecule has 1 amide bonds. The van der Waals surface area contributed by atoms with E-state index in [4.69, 9.17) is 9.76 Å². The van der Waals surface area contributed by atoms with Crippen LogP contribution >= 0.6 is 11.3 Å². The van der Waals surface area contributed by atoms with Crippen molar-refractivity contribution < 1.29 is 24.4 Å². The molecular formula is C18H20BNO5S. The molecule has 8 heteroatoms. The molecule has 3 N–H and O–H groups in total. The number of rotatable bonds is 6. The normalized spacial score (nSPS) is 22.8. The Bertz CT molecular complexity index is 739. The molecule has 1 aliphatic rings. The van der Waals surface area contributed by atoms with E-state index in [0.29, 0.717) is 6.42 Å². The Morgan fingerprint density at radius 2 is 2.04 bits per heavy atom. The van der Waals surface area contributed by atoms with Crippen LogP contribution in [0, 0.1) is 0 Å². The molecule has 1 aliphatic heterocycles. The lowest BCUT2D eigenvalue weighted by atomic mass is 9.64. The predicted molar refractivity (Wildman–Crippen MR) is 98.9 cm³/mol. The summed E-state index contributed by atoms with van der Waals surface area (Å²) in [6.07, 6.45) is -0.141. The van der Waals surface area contributed by atoms with Crippen LogP contribution in [0.1, 0.15) is 29.9 Å². The standard InChI is InChI=1S/C18H20BNO5S/c21-16(8-12-6-7-26-11-12)20-18-15(13-4-2-1-3-5-13)9-14(10-17(22)23)25-19(18)24/h1-7,11,14-15,18,24H,8-10H2,(H,20,21)(H,22,23)/t14-,15?,18?/m0/s1.